The zero-order valence-electron chi connectivity index (χ0n) is 14.7. The van der Waals surface area contributed by atoms with Gasteiger partial charge in [-0.15, -0.1) is 0 Å². The summed E-state index contributed by atoms with van der Waals surface area (Å²) in [5, 5.41) is 9.00. The van der Waals surface area contributed by atoms with Crippen molar-refractivity contribution in [3.05, 3.63) is 35.9 Å². The minimum absolute atomic E-state index is 0.0160. The zero-order valence-corrected chi connectivity index (χ0v) is 14.7. The quantitative estimate of drug-likeness (QED) is 0.645. The van der Waals surface area contributed by atoms with Gasteiger partial charge in [-0.05, 0) is 50.8 Å². The molecule has 3 rings (SSSR count). The van der Waals surface area contributed by atoms with E-state index in [1.54, 1.807) is 5.48 Å². The molecule has 136 valence electrons. The molecule has 0 aromatic heterocycles. The van der Waals surface area contributed by atoms with E-state index < -0.39 is 17.9 Å². The van der Waals surface area contributed by atoms with Crippen molar-refractivity contribution in [3.8, 4) is 0 Å². The Morgan fingerprint density at radius 3 is 2.40 bits per heavy atom. The number of carbonyl (C=O) groups is 2. The molecule has 2 heterocycles. The van der Waals surface area contributed by atoms with Gasteiger partial charge in [0, 0.05) is 13.1 Å². The van der Waals surface area contributed by atoms with Crippen molar-refractivity contribution < 1.29 is 14.8 Å². The van der Waals surface area contributed by atoms with Gasteiger partial charge >= 0.3 is 0 Å². The van der Waals surface area contributed by atoms with E-state index in [-0.39, 0.29) is 5.91 Å². The second-order valence-electron chi connectivity index (χ2n) is 7.16. The van der Waals surface area contributed by atoms with Gasteiger partial charge in [0.05, 0.1) is 5.92 Å². The zero-order chi connectivity index (χ0) is 17.8. The Morgan fingerprint density at radius 2 is 1.76 bits per heavy atom. The van der Waals surface area contributed by atoms with Crippen molar-refractivity contribution >= 4 is 11.8 Å². The summed E-state index contributed by atoms with van der Waals surface area (Å²) in [4.78, 5) is 28.9. The number of hydrogen-bond donors (Lipinski definition) is 2. The first kappa shape index (κ1) is 17.9. The molecule has 25 heavy (non-hydrogen) atoms. The van der Waals surface area contributed by atoms with Crippen LogP contribution in [0.4, 0.5) is 0 Å². The molecule has 0 aliphatic carbocycles. The highest BCUT2D eigenvalue weighted by Gasteiger charge is 2.41. The monoisotopic (exact) mass is 345 g/mol. The van der Waals surface area contributed by atoms with Crippen LogP contribution < -0.4 is 5.48 Å². The summed E-state index contributed by atoms with van der Waals surface area (Å²) in [5.41, 5.74) is 3.07. The molecule has 6 heteroatoms. The molecule has 2 fully saturated rings. The average Bonchev–Trinajstić information content (AvgIpc) is 2.67. The Balaban J connectivity index is 1.65. The topological polar surface area (TPSA) is 72.9 Å². The molecule has 2 saturated heterocycles. The van der Waals surface area contributed by atoms with Crippen LogP contribution >= 0.6 is 0 Å². The molecule has 2 aliphatic rings. The highest BCUT2D eigenvalue weighted by atomic mass is 16.5. The van der Waals surface area contributed by atoms with E-state index in [4.69, 9.17) is 5.21 Å². The van der Waals surface area contributed by atoms with Gasteiger partial charge in [-0.25, -0.2) is 5.48 Å². The maximum atomic E-state index is 13.1. The number of benzene rings is 1. The van der Waals surface area contributed by atoms with E-state index in [9.17, 15) is 9.59 Å². The summed E-state index contributed by atoms with van der Waals surface area (Å²) < 4.78 is 0. The first-order valence-electron chi connectivity index (χ1n) is 9.09. The van der Waals surface area contributed by atoms with Crippen LogP contribution in [-0.2, 0) is 9.59 Å². The number of piperidine rings is 2. The number of likely N-dealkylation sites (N-methyl/N-ethyl adjacent to an activating group) is 1. The number of carbonyl (C=O) groups excluding carboxylic acids is 2. The smallest absolute Gasteiger partial charge is 0.248 e. The molecule has 6 nitrogen and oxygen atoms in total. The number of amides is 2. The highest BCUT2D eigenvalue weighted by Crippen LogP contribution is 2.30. The second-order valence-corrected chi connectivity index (χ2v) is 7.16. The first-order valence-corrected chi connectivity index (χ1v) is 9.09. The van der Waals surface area contributed by atoms with E-state index in [0.717, 1.165) is 38.9 Å². The van der Waals surface area contributed by atoms with Crippen LogP contribution in [0.25, 0.3) is 0 Å². The van der Waals surface area contributed by atoms with Crippen molar-refractivity contribution in [2.75, 3.05) is 26.7 Å². The van der Waals surface area contributed by atoms with Gasteiger partial charge in [-0.3, -0.25) is 19.7 Å². The van der Waals surface area contributed by atoms with Gasteiger partial charge in [-0.2, -0.15) is 0 Å². The molecule has 2 aliphatic heterocycles. The van der Waals surface area contributed by atoms with Crippen LogP contribution in [0.1, 0.15) is 37.2 Å². The number of nitrogens with zero attached hydrogens (tertiary/aromatic N) is 2. The van der Waals surface area contributed by atoms with E-state index in [1.807, 2.05) is 22.9 Å². The van der Waals surface area contributed by atoms with Crippen molar-refractivity contribution in [2.24, 2.45) is 5.92 Å². The van der Waals surface area contributed by atoms with E-state index in [2.05, 4.69) is 24.3 Å². The third-order valence-corrected chi connectivity index (χ3v) is 5.66. The van der Waals surface area contributed by atoms with Gasteiger partial charge in [0.25, 0.3) is 0 Å². The molecule has 0 bridgehead atoms. The lowest BCUT2D eigenvalue weighted by molar-refractivity contribution is -0.149. The standard InChI is InChI=1S/C19H27N3O3/c1-21-11-5-8-16(18(23)20-25)17(21)19(24)22-12-9-15(10-13-22)14-6-3-2-4-7-14/h2-4,6-7,15-17,25H,5,8-13H2,1H3,(H,20,23)/t16-,17-/m0/s1. The molecule has 1 aromatic carbocycles. The van der Waals surface area contributed by atoms with Crippen LogP contribution in [-0.4, -0.2) is 59.5 Å². The number of hydroxylamine groups is 1. The normalized spacial score (nSPS) is 25.6. The number of nitrogens with one attached hydrogen (secondary N) is 1. The Hall–Kier alpha value is -1.92. The minimum atomic E-state index is -0.483. The number of likely N-dealkylation sites (tertiary alicyclic amines) is 2. The molecular formula is C19H27N3O3. The van der Waals surface area contributed by atoms with Gasteiger partial charge < -0.3 is 4.90 Å². The predicted octanol–water partition coefficient (Wildman–Crippen LogP) is 1.61. The fourth-order valence-corrected chi connectivity index (χ4v) is 4.23. The lowest BCUT2D eigenvalue weighted by atomic mass is 9.86. The maximum absolute atomic E-state index is 13.1. The van der Waals surface area contributed by atoms with E-state index in [1.165, 1.54) is 5.56 Å². The molecule has 2 N–H and O–H groups in total. The second kappa shape index (κ2) is 7.97. The van der Waals surface area contributed by atoms with Gasteiger partial charge in [-0.1, -0.05) is 30.3 Å². The molecular weight excluding hydrogens is 318 g/mol. The van der Waals surface area contributed by atoms with Crippen LogP contribution in [0.2, 0.25) is 0 Å². The van der Waals surface area contributed by atoms with Crippen LogP contribution in [0.3, 0.4) is 0 Å². The van der Waals surface area contributed by atoms with Gasteiger partial charge in [0.2, 0.25) is 11.8 Å². The third-order valence-electron chi connectivity index (χ3n) is 5.66. The summed E-state index contributed by atoms with van der Waals surface area (Å²) in [7, 11) is 1.89. The van der Waals surface area contributed by atoms with Crippen LogP contribution in [0.5, 0.6) is 0 Å². The Labute approximate surface area is 148 Å². The largest absolute Gasteiger partial charge is 0.341 e. The lowest BCUT2D eigenvalue weighted by Crippen LogP contribution is -2.57. The van der Waals surface area contributed by atoms with Crippen LogP contribution in [0.15, 0.2) is 30.3 Å². The predicted molar refractivity (Wildman–Crippen MR) is 94.1 cm³/mol. The summed E-state index contributed by atoms with van der Waals surface area (Å²) >= 11 is 0. The summed E-state index contributed by atoms with van der Waals surface area (Å²) in [6.07, 6.45) is 3.38. The third kappa shape index (κ3) is 3.85. The SMILES string of the molecule is CN1CCC[C@H](C(=O)NO)[C@H]1C(=O)N1CCC(c2ccccc2)CC1. The average molecular weight is 345 g/mol. The van der Waals surface area contributed by atoms with Gasteiger partial charge in [0.15, 0.2) is 0 Å². The number of rotatable bonds is 3. The minimum Gasteiger partial charge on any atom is -0.341 e. The van der Waals surface area contributed by atoms with Crippen molar-refractivity contribution in [2.45, 2.75) is 37.6 Å². The molecule has 0 unspecified atom stereocenters. The summed E-state index contributed by atoms with van der Waals surface area (Å²) in [6, 6.07) is 9.96. The molecule has 1 aromatic rings. The van der Waals surface area contributed by atoms with Crippen LogP contribution in [0, 0.1) is 5.92 Å². The summed E-state index contributed by atoms with van der Waals surface area (Å²) in [6.45, 7) is 2.23. The highest BCUT2D eigenvalue weighted by molar-refractivity contribution is 5.90. The summed E-state index contributed by atoms with van der Waals surface area (Å²) in [5.74, 6) is -0.430. The molecule has 2 amide bonds. The molecule has 0 saturated carbocycles. The maximum Gasteiger partial charge on any atom is 0.248 e. The fourth-order valence-electron chi connectivity index (χ4n) is 4.23. The number of hydrogen-bond acceptors (Lipinski definition) is 4. The van der Waals surface area contributed by atoms with E-state index >= 15 is 0 Å². The molecule has 0 spiro atoms. The van der Waals surface area contributed by atoms with Crippen molar-refractivity contribution in [1.29, 1.82) is 0 Å². The Bertz CT molecular complexity index is 599. The lowest BCUT2D eigenvalue weighted by Gasteiger charge is -2.41. The van der Waals surface area contributed by atoms with E-state index in [0.29, 0.717) is 12.3 Å². The Kier molecular flexibility index (Phi) is 5.71. The molecule has 0 radical (unpaired) electrons. The van der Waals surface area contributed by atoms with Crippen molar-refractivity contribution in [3.63, 3.8) is 0 Å². The fraction of sp³-hybridized carbons (Fsp3) is 0.579. The molecule has 2 atom stereocenters. The van der Waals surface area contributed by atoms with Crippen molar-refractivity contribution in [1.82, 2.24) is 15.3 Å². The first-order chi connectivity index (χ1) is 12.1. The van der Waals surface area contributed by atoms with Gasteiger partial charge in [0.1, 0.15) is 6.04 Å². The Morgan fingerprint density at radius 1 is 1.08 bits per heavy atom.